The van der Waals surface area contributed by atoms with Crippen LogP contribution in [0.25, 0.3) is 0 Å². The fourth-order valence-electron chi connectivity index (χ4n) is 2.68. The number of rotatable bonds is 5. The van der Waals surface area contributed by atoms with Crippen LogP contribution in [0.2, 0.25) is 0 Å². The van der Waals surface area contributed by atoms with Crippen LogP contribution < -0.4 is 5.73 Å². The van der Waals surface area contributed by atoms with Gasteiger partial charge in [0.05, 0.1) is 11.7 Å². The fourth-order valence-corrected chi connectivity index (χ4v) is 2.68. The van der Waals surface area contributed by atoms with E-state index in [1.54, 1.807) is 29.4 Å². The lowest BCUT2D eigenvalue weighted by atomic mass is 10.1. The molecule has 2 N–H and O–H groups in total. The molecule has 120 valence electrons. The molecular formula is C17H20N4O2. The zero-order chi connectivity index (χ0) is 16.1. The molecule has 0 bridgehead atoms. The van der Waals surface area contributed by atoms with Crippen LogP contribution in [0.3, 0.4) is 0 Å². The summed E-state index contributed by atoms with van der Waals surface area (Å²) in [6.07, 6.45) is 7.12. The Morgan fingerprint density at radius 1 is 1.30 bits per heavy atom. The second-order valence-corrected chi connectivity index (χ2v) is 5.65. The van der Waals surface area contributed by atoms with Crippen molar-refractivity contribution in [1.29, 1.82) is 0 Å². The number of pyridine rings is 2. The topological polar surface area (TPSA) is 81.3 Å². The highest BCUT2D eigenvalue weighted by Crippen LogP contribution is 2.17. The molecule has 6 heteroatoms. The predicted molar refractivity (Wildman–Crippen MR) is 86.6 cm³/mol. The van der Waals surface area contributed by atoms with E-state index < -0.39 is 0 Å². The molecule has 1 aliphatic rings. The quantitative estimate of drug-likeness (QED) is 0.911. The number of ether oxygens (including phenoxy) is 1. The van der Waals surface area contributed by atoms with Crippen molar-refractivity contribution in [3.8, 4) is 0 Å². The molecule has 2 aromatic rings. The first-order chi connectivity index (χ1) is 11.2. The number of carbonyl (C=O) groups excluding carboxylic acids is 1. The highest BCUT2D eigenvalue weighted by Gasteiger charge is 2.23. The van der Waals surface area contributed by atoms with Crippen molar-refractivity contribution in [1.82, 2.24) is 14.9 Å². The number of carbonyl (C=O) groups is 1. The van der Waals surface area contributed by atoms with Crippen molar-refractivity contribution in [3.63, 3.8) is 0 Å². The first-order valence-corrected chi connectivity index (χ1v) is 7.73. The molecule has 0 radical (unpaired) electrons. The van der Waals surface area contributed by atoms with Crippen molar-refractivity contribution < 1.29 is 9.53 Å². The zero-order valence-electron chi connectivity index (χ0n) is 12.9. The average Bonchev–Trinajstić information content (AvgIpc) is 3.08. The molecule has 0 aromatic carbocycles. The van der Waals surface area contributed by atoms with E-state index in [0.717, 1.165) is 25.0 Å². The molecule has 3 rings (SSSR count). The van der Waals surface area contributed by atoms with Gasteiger partial charge in [0.2, 0.25) is 0 Å². The Morgan fingerprint density at radius 3 is 2.78 bits per heavy atom. The van der Waals surface area contributed by atoms with E-state index in [9.17, 15) is 4.79 Å². The van der Waals surface area contributed by atoms with Crippen LogP contribution in [0, 0.1) is 0 Å². The highest BCUT2D eigenvalue weighted by molar-refractivity contribution is 5.94. The van der Waals surface area contributed by atoms with Crippen molar-refractivity contribution in [2.75, 3.05) is 18.9 Å². The van der Waals surface area contributed by atoms with Crippen molar-refractivity contribution >= 4 is 11.7 Å². The molecular weight excluding hydrogens is 292 g/mol. The Hall–Kier alpha value is -2.47. The third-order valence-corrected chi connectivity index (χ3v) is 3.89. The number of hydrogen-bond donors (Lipinski definition) is 1. The lowest BCUT2D eigenvalue weighted by molar-refractivity contribution is 0.0507. The van der Waals surface area contributed by atoms with Crippen LogP contribution in [0.4, 0.5) is 5.82 Å². The van der Waals surface area contributed by atoms with Crippen LogP contribution >= 0.6 is 0 Å². The first-order valence-electron chi connectivity index (χ1n) is 7.73. The standard InChI is InChI=1S/C17H20N4O2/c18-16-4-3-14(10-20-16)17(22)21(12-15-2-1-9-23-15)11-13-5-7-19-8-6-13/h3-8,10,15H,1-2,9,11-12H2,(H2,18,20)/t15-/m1/s1. The smallest absolute Gasteiger partial charge is 0.255 e. The number of aromatic nitrogens is 2. The molecule has 1 amide bonds. The number of anilines is 1. The van der Waals surface area contributed by atoms with Crippen molar-refractivity contribution in [2.45, 2.75) is 25.5 Å². The maximum atomic E-state index is 12.8. The summed E-state index contributed by atoms with van der Waals surface area (Å²) in [5.74, 6) is 0.339. The van der Waals surface area contributed by atoms with Crippen LogP contribution in [0.15, 0.2) is 42.9 Å². The summed E-state index contributed by atoms with van der Waals surface area (Å²) >= 11 is 0. The number of amides is 1. The molecule has 0 unspecified atom stereocenters. The molecule has 23 heavy (non-hydrogen) atoms. The van der Waals surface area contributed by atoms with E-state index in [-0.39, 0.29) is 12.0 Å². The highest BCUT2D eigenvalue weighted by atomic mass is 16.5. The Labute approximate surface area is 135 Å². The Balaban J connectivity index is 1.78. The van der Waals surface area contributed by atoms with Gasteiger partial charge in [0.1, 0.15) is 5.82 Å². The lowest BCUT2D eigenvalue weighted by Gasteiger charge is -2.25. The second-order valence-electron chi connectivity index (χ2n) is 5.65. The summed E-state index contributed by atoms with van der Waals surface area (Å²) in [6.45, 7) is 1.86. The Bertz CT molecular complexity index is 639. The molecule has 1 saturated heterocycles. The number of hydrogen-bond acceptors (Lipinski definition) is 5. The van der Waals surface area contributed by atoms with Crippen molar-refractivity contribution in [3.05, 3.63) is 54.0 Å². The van der Waals surface area contributed by atoms with Gasteiger partial charge in [-0.25, -0.2) is 4.98 Å². The van der Waals surface area contributed by atoms with Gasteiger partial charge in [0, 0.05) is 38.3 Å². The summed E-state index contributed by atoms with van der Waals surface area (Å²) in [7, 11) is 0. The van der Waals surface area contributed by atoms with Gasteiger partial charge in [-0.2, -0.15) is 0 Å². The first kappa shape index (κ1) is 15.4. The van der Waals surface area contributed by atoms with E-state index in [1.165, 1.54) is 6.20 Å². The largest absolute Gasteiger partial charge is 0.384 e. The molecule has 3 heterocycles. The summed E-state index contributed by atoms with van der Waals surface area (Å²) in [5, 5.41) is 0. The number of nitrogen functional groups attached to an aromatic ring is 1. The van der Waals surface area contributed by atoms with Crippen LogP contribution in [0.5, 0.6) is 0 Å². The summed E-state index contributed by atoms with van der Waals surface area (Å²) in [5.41, 5.74) is 7.17. The SMILES string of the molecule is Nc1ccc(C(=O)N(Cc2ccncc2)C[C@H]2CCCO2)cn1. The van der Waals surface area contributed by atoms with Crippen LogP contribution in [-0.2, 0) is 11.3 Å². The van der Waals surface area contributed by atoms with E-state index >= 15 is 0 Å². The molecule has 0 spiro atoms. The van der Waals surface area contributed by atoms with Gasteiger partial charge < -0.3 is 15.4 Å². The van der Waals surface area contributed by atoms with Gasteiger partial charge in [-0.1, -0.05) is 0 Å². The van der Waals surface area contributed by atoms with Gasteiger partial charge in [0.25, 0.3) is 5.91 Å². The van der Waals surface area contributed by atoms with E-state index in [2.05, 4.69) is 9.97 Å². The lowest BCUT2D eigenvalue weighted by Crippen LogP contribution is -2.37. The summed E-state index contributed by atoms with van der Waals surface area (Å²) in [4.78, 5) is 22.7. The zero-order valence-corrected chi connectivity index (χ0v) is 12.9. The molecule has 0 aliphatic carbocycles. The van der Waals surface area contributed by atoms with E-state index in [1.807, 2.05) is 12.1 Å². The Morgan fingerprint density at radius 2 is 2.13 bits per heavy atom. The predicted octanol–water partition coefficient (Wildman–Crippen LogP) is 1.88. The minimum absolute atomic E-state index is 0.0650. The number of nitrogens with zero attached hydrogens (tertiary/aromatic N) is 3. The molecule has 6 nitrogen and oxygen atoms in total. The third kappa shape index (κ3) is 4.04. The van der Waals surface area contributed by atoms with E-state index in [0.29, 0.717) is 24.5 Å². The molecule has 2 aromatic heterocycles. The van der Waals surface area contributed by atoms with E-state index in [4.69, 9.17) is 10.5 Å². The van der Waals surface area contributed by atoms with Gasteiger partial charge in [-0.15, -0.1) is 0 Å². The van der Waals surface area contributed by atoms with Gasteiger partial charge in [-0.3, -0.25) is 9.78 Å². The Kier molecular flexibility index (Phi) is 4.83. The maximum absolute atomic E-state index is 12.8. The van der Waals surface area contributed by atoms with Gasteiger partial charge in [0.15, 0.2) is 0 Å². The number of nitrogens with two attached hydrogens (primary N) is 1. The van der Waals surface area contributed by atoms with Gasteiger partial charge >= 0.3 is 0 Å². The third-order valence-electron chi connectivity index (χ3n) is 3.89. The minimum Gasteiger partial charge on any atom is -0.384 e. The maximum Gasteiger partial charge on any atom is 0.255 e. The van der Waals surface area contributed by atoms with Crippen LogP contribution in [-0.4, -0.2) is 40.0 Å². The second kappa shape index (κ2) is 7.19. The fraction of sp³-hybridized carbons (Fsp3) is 0.353. The van der Waals surface area contributed by atoms with Crippen LogP contribution in [0.1, 0.15) is 28.8 Å². The monoisotopic (exact) mass is 312 g/mol. The summed E-state index contributed by atoms with van der Waals surface area (Å²) < 4.78 is 5.68. The molecule has 1 atom stereocenters. The minimum atomic E-state index is -0.0650. The molecule has 1 aliphatic heterocycles. The normalized spacial score (nSPS) is 17.1. The van der Waals surface area contributed by atoms with Crippen molar-refractivity contribution in [2.24, 2.45) is 0 Å². The molecule has 0 saturated carbocycles. The molecule has 1 fully saturated rings. The average molecular weight is 312 g/mol. The summed E-state index contributed by atoms with van der Waals surface area (Å²) in [6, 6.07) is 7.18. The van der Waals surface area contributed by atoms with Gasteiger partial charge in [-0.05, 0) is 42.7 Å².